The summed E-state index contributed by atoms with van der Waals surface area (Å²) in [7, 11) is 0. The molecule has 1 fully saturated rings. The molecule has 1 aliphatic carbocycles. The van der Waals surface area contributed by atoms with Gasteiger partial charge in [-0.05, 0) is 31.4 Å². The Morgan fingerprint density at radius 1 is 1.41 bits per heavy atom. The molecule has 1 aromatic rings. The van der Waals surface area contributed by atoms with Gasteiger partial charge in [0.2, 0.25) is 0 Å². The molecule has 0 aromatic heterocycles. The van der Waals surface area contributed by atoms with Crippen molar-refractivity contribution in [2.75, 3.05) is 6.61 Å². The molecule has 0 bridgehead atoms. The predicted octanol–water partition coefficient (Wildman–Crippen LogP) is 3.46. The smallest absolute Gasteiger partial charge is 0.142 e. The van der Waals surface area contributed by atoms with Gasteiger partial charge in [0, 0.05) is 11.0 Å². The second-order valence-corrected chi connectivity index (χ2v) is 5.89. The van der Waals surface area contributed by atoms with Crippen LogP contribution in [0.25, 0.3) is 0 Å². The fraction of sp³-hybridized carbons (Fsp3) is 0.571. The molecule has 1 saturated carbocycles. The quantitative estimate of drug-likeness (QED) is 0.892. The number of benzene rings is 1. The van der Waals surface area contributed by atoms with E-state index >= 15 is 0 Å². The summed E-state index contributed by atoms with van der Waals surface area (Å²) in [5, 5.41) is 10.2. The van der Waals surface area contributed by atoms with Gasteiger partial charge in [-0.1, -0.05) is 31.5 Å². The molecule has 0 amide bonds. The van der Waals surface area contributed by atoms with Crippen LogP contribution in [-0.4, -0.2) is 17.8 Å². The van der Waals surface area contributed by atoms with Crippen molar-refractivity contribution in [3.8, 4) is 5.75 Å². The van der Waals surface area contributed by atoms with E-state index in [0.29, 0.717) is 11.1 Å². The largest absolute Gasteiger partial charge is 0.489 e. The summed E-state index contributed by atoms with van der Waals surface area (Å²) in [5.74, 6) is 0.749. The lowest BCUT2D eigenvalue weighted by molar-refractivity contribution is 0.210. The Hall–Kier alpha value is -0.730. The zero-order valence-corrected chi connectivity index (χ0v) is 11.3. The van der Waals surface area contributed by atoms with Crippen LogP contribution in [0, 0.1) is 6.92 Å². The average molecular weight is 255 g/mol. The van der Waals surface area contributed by atoms with E-state index in [-0.39, 0.29) is 12.0 Å². The topological polar surface area (TPSA) is 29.5 Å². The number of halogens is 1. The van der Waals surface area contributed by atoms with Crippen molar-refractivity contribution in [1.29, 1.82) is 0 Å². The molecule has 3 heteroatoms. The third kappa shape index (κ3) is 2.75. The zero-order valence-electron chi connectivity index (χ0n) is 10.6. The molecule has 2 rings (SSSR count). The van der Waals surface area contributed by atoms with E-state index in [1.54, 1.807) is 0 Å². The average Bonchev–Trinajstić information content (AvgIpc) is 3.05. The van der Waals surface area contributed by atoms with Gasteiger partial charge in [0.25, 0.3) is 0 Å². The maximum atomic E-state index is 9.50. The summed E-state index contributed by atoms with van der Waals surface area (Å²) >= 11 is 6.26. The number of ether oxygens (including phenoxy) is 1. The Morgan fingerprint density at radius 3 is 2.59 bits per heavy atom. The first-order chi connectivity index (χ1) is 7.94. The van der Waals surface area contributed by atoms with Crippen LogP contribution in [0.2, 0.25) is 5.02 Å². The Labute approximate surface area is 108 Å². The first-order valence-electron chi connectivity index (χ1n) is 6.02. The minimum absolute atomic E-state index is 0.0772. The van der Waals surface area contributed by atoms with E-state index < -0.39 is 0 Å². The van der Waals surface area contributed by atoms with Crippen LogP contribution in [0.15, 0.2) is 12.1 Å². The Morgan fingerprint density at radius 2 is 2.06 bits per heavy atom. The summed E-state index contributed by atoms with van der Waals surface area (Å²) in [5.41, 5.74) is 1.76. The van der Waals surface area contributed by atoms with Crippen molar-refractivity contribution < 1.29 is 9.84 Å². The Bertz CT molecular complexity index is 422. The van der Waals surface area contributed by atoms with Crippen LogP contribution in [-0.2, 0) is 5.41 Å². The first kappa shape index (κ1) is 12.7. The number of hydrogen-bond acceptors (Lipinski definition) is 2. The van der Waals surface area contributed by atoms with Gasteiger partial charge in [0.05, 0.1) is 17.7 Å². The molecular formula is C14H19ClO2. The summed E-state index contributed by atoms with van der Waals surface area (Å²) < 4.78 is 5.89. The highest BCUT2D eigenvalue weighted by atomic mass is 35.5. The van der Waals surface area contributed by atoms with Gasteiger partial charge < -0.3 is 9.84 Å². The summed E-state index contributed by atoms with van der Waals surface area (Å²) in [6, 6.07) is 3.97. The number of aliphatic hydroxyl groups excluding tert-OH is 1. The monoisotopic (exact) mass is 254 g/mol. The van der Waals surface area contributed by atoms with E-state index in [9.17, 15) is 5.11 Å². The molecule has 0 saturated heterocycles. The summed E-state index contributed by atoms with van der Waals surface area (Å²) in [4.78, 5) is 0. The fourth-order valence-electron chi connectivity index (χ4n) is 1.79. The highest BCUT2D eigenvalue weighted by molar-refractivity contribution is 6.32. The van der Waals surface area contributed by atoms with Gasteiger partial charge in [0.1, 0.15) is 5.75 Å². The molecule has 2 nitrogen and oxygen atoms in total. The third-order valence-corrected chi connectivity index (χ3v) is 3.40. The zero-order chi connectivity index (χ0) is 12.6. The number of hydrogen-bond donors (Lipinski definition) is 1. The van der Waals surface area contributed by atoms with Gasteiger partial charge in [0.15, 0.2) is 0 Å². The van der Waals surface area contributed by atoms with E-state index in [0.717, 1.165) is 29.7 Å². The number of rotatable bonds is 4. The Kier molecular flexibility index (Phi) is 3.37. The summed E-state index contributed by atoms with van der Waals surface area (Å²) in [6.07, 6.45) is 2.51. The van der Waals surface area contributed by atoms with Crippen molar-refractivity contribution >= 4 is 11.6 Å². The molecular weight excluding hydrogens is 236 g/mol. The fourth-order valence-corrected chi connectivity index (χ4v) is 2.11. The van der Waals surface area contributed by atoms with Crippen molar-refractivity contribution in [1.82, 2.24) is 0 Å². The molecule has 17 heavy (non-hydrogen) atoms. The lowest BCUT2D eigenvalue weighted by atomic mass is 9.84. The van der Waals surface area contributed by atoms with Gasteiger partial charge in [-0.25, -0.2) is 0 Å². The molecule has 94 valence electrons. The molecule has 0 heterocycles. The maximum Gasteiger partial charge on any atom is 0.142 e. The SMILES string of the molecule is Cc1cc(Cl)c(OC2CC2)c(C(C)(C)CO)c1. The highest BCUT2D eigenvalue weighted by Crippen LogP contribution is 2.40. The van der Waals surface area contributed by atoms with Crippen LogP contribution in [0.1, 0.15) is 37.8 Å². The highest BCUT2D eigenvalue weighted by Gasteiger charge is 2.30. The Balaban J connectivity index is 2.45. The van der Waals surface area contributed by atoms with Crippen LogP contribution in [0.5, 0.6) is 5.75 Å². The molecule has 0 unspecified atom stereocenters. The second kappa shape index (κ2) is 4.51. The minimum Gasteiger partial charge on any atom is -0.489 e. The molecule has 1 aliphatic rings. The molecule has 0 spiro atoms. The molecule has 1 aromatic carbocycles. The van der Waals surface area contributed by atoms with Gasteiger partial charge in [-0.15, -0.1) is 0 Å². The lowest BCUT2D eigenvalue weighted by Gasteiger charge is -2.26. The van der Waals surface area contributed by atoms with Gasteiger partial charge >= 0.3 is 0 Å². The lowest BCUT2D eigenvalue weighted by Crippen LogP contribution is -2.23. The van der Waals surface area contributed by atoms with Crippen LogP contribution in [0.3, 0.4) is 0 Å². The summed E-state index contributed by atoms with van der Waals surface area (Å²) in [6.45, 7) is 6.08. The molecule has 0 radical (unpaired) electrons. The van der Waals surface area contributed by atoms with Crippen LogP contribution >= 0.6 is 11.6 Å². The van der Waals surface area contributed by atoms with Crippen molar-refractivity contribution in [3.63, 3.8) is 0 Å². The van der Waals surface area contributed by atoms with Crippen molar-refractivity contribution in [2.24, 2.45) is 0 Å². The van der Waals surface area contributed by atoms with Gasteiger partial charge in [-0.2, -0.15) is 0 Å². The van der Waals surface area contributed by atoms with E-state index in [1.807, 2.05) is 26.8 Å². The van der Waals surface area contributed by atoms with E-state index in [4.69, 9.17) is 16.3 Å². The standard InChI is InChI=1S/C14H19ClO2/c1-9-6-11(14(2,3)8-16)13(12(15)7-9)17-10-4-5-10/h6-7,10,16H,4-5,8H2,1-3H3. The van der Waals surface area contributed by atoms with Crippen LogP contribution in [0.4, 0.5) is 0 Å². The predicted molar refractivity (Wildman–Crippen MR) is 70.0 cm³/mol. The normalized spacial score (nSPS) is 16.1. The molecule has 1 N–H and O–H groups in total. The van der Waals surface area contributed by atoms with E-state index in [2.05, 4.69) is 6.07 Å². The number of aliphatic hydroxyl groups is 1. The minimum atomic E-state index is -0.333. The van der Waals surface area contributed by atoms with Gasteiger partial charge in [-0.3, -0.25) is 0 Å². The van der Waals surface area contributed by atoms with E-state index in [1.165, 1.54) is 0 Å². The second-order valence-electron chi connectivity index (χ2n) is 5.48. The third-order valence-electron chi connectivity index (χ3n) is 3.12. The number of aryl methyl sites for hydroxylation is 1. The molecule has 0 atom stereocenters. The maximum absolute atomic E-state index is 9.50. The first-order valence-corrected chi connectivity index (χ1v) is 6.40. The van der Waals surface area contributed by atoms with Crippen LogP contribution < -0.4 is 4.74 Å². The molecule has 0 aliphatic heterocycles. The van der Waals surface area contributed by atoms with Crippen molar-refractivity contribution in [3.05, 3.63) is 28.3 Å². The van der Waals surface area contributed by atoms with Crippen molar-refractivity contribution in [2.45, 2.75) is 45.1 Å².